The minimum Gasteiger partial charge on any atom is -0.367 e. The molecule has 0 unspecified atom stereocenters. The molecule has 0 atom stereocenters. The molecule has 0 radical (unpaired) electrons. The predicted molar refractivity (Wildman–Crippen MR) is 108 cm³/mol. The van der Waals surface area contributed by atoms with Gasteiger partial charge in [-0.1, -0.05) is 45.0 Å². The lowest BCUT2D eigenvalue weighted by Gasteiger charge is -2.36. The van der Waals surface area contributed by atoms with E-state index in [-0.39, 0.29) is 5.82 Å². The van der Waals surface area contributed by atoms with Crippen LogP contribution in [0.1, 0.15) is 37.5 Å². The topological polar surface area (TPSA) is 30.3 Å². The summed E-state index contributed by atoms with van der Waals surface area (Å²) >= 11 is 0. The highest BCUT2D eigenvalue weighted by Crippen LogP contribution is 2.23. The lowest BCUT2D eigenvalue weighted by Crippen LogP contribution is -2.46. The average molecular weight is 365 g/mol. The van der Waals surface area contributed by atoms with Crippen molar-refractivity contribution in [1.82, 2.24) is 4.90 Å². The number of halogens is 1. The first-order valence-electron chi connectivity index (χ1n) is 9.59. The molecule has 1 aliphatic heterocycles. The first kappa shape index (κ1) is 19.4. The van der Waals surface area contributed by atoms with Crippen LogP contribution in [0, 0.1) is 22.6 Å². The SMILES string of the molecule is CC(C)(C)Cc1ccc(CN2CCN(c3ccc(C#N)cc3F)CC2)cc1. The molecule has 0 amide bonds. The van der Waals surface area contributed by atoms with E-state index in [1.807, 2.05) is 6.07 Å². The van der Waals surface area contributed by atoms with Gasteiger partial charge in [-0.15, -0.1) is 0 Å². The normalized spacial score (nSPS) is 15.6. The lowest BCUT2D eigenvalue weighted by molar-refractivity contribution is 0.249. The second-order valence-electron chi connectivity index (χ2n) is 8.60. The van der Waals surface area contributed by atoms with Gasteiger partial charge in [-0.05, 0) is 41.2 Å². The molecule has 27 heavy (non-hydrogen) atoms. The van der Waals surface area contributed by atoms with E-state index in [2.05, 4.69) is 54.8 Å². The Balaban J connectivity index is 1.54. The fourth-order valence-corrected chi connectivity index (χ4v) is 3.61. The molecule has 1 heterocycles. The third-order valence-electron chi connectivity index (χ3n) is 4.95. The zero-order chi connectivity index (χ0) is 19.4. The maximum atomic E-state index is 14.2. The molecular weight excluding hydrogens is 337 g/mol. The zero-order valence-electron chi connectivity index (χ0n) is 16.5. The summed E-state index contributed by atoms with van der Waals surface area (Å²) < 4.78 is 14.2. The summed E-state index contributed by atoms with van der Waals surface area (Å²) in [4.78, 5) is 4.48. The number of rotatable bonds is 4. The third kappa shape index (κ3) is 5.30. The second-order valence-corrected chi connectivity index (χ2v) is 8.60. The van der Waals surface area contributed by atoms with Crippen LogP contribution >= 0.6 is 0 Å². The van der Waals surface area contributed by atoms with E-state index in [1.165, 1.54) is 17.2 Å². The second kappa shape index (κ2) is 8.10. The number of piperazine rings is 1. The quantitative estimate of drug-likeness (QED) is 0.793. The van der Waals surface area contributed by atoms with E-state index >= 15 is 0 Å². The first-order valence-corrected chi connectivity index (χ1v) is 9.59. The van der Waals surface area contributed by atoms with Crippen LogP contribution in [0.2, 0.25) is 0 Å². The van der Waals surface area contributed by atoms with Gasteiger partial charge in [0.1, 0.15) is 5.82 Å². The molecule has 1 saturated heterocycles. The van der Waals surface area contributed by atoms with E-state index in [0.29, 0.717) is 16.7 Å². The van der Waals surface area contributed by atoms with Crippen molar-refractivity contribution in [3.63, 3.8) is 0 Å². The number of anilines is 1. The Morgan fingerprint density at radius 3 is 2.15 bits per heavy atom. The molecule has 3 rings (SSSR count). The van der Waals surface area contributed by atoms with Gasteiger partial charge in [0.25, 0.3) is 0 Å². The summed E-state index contributed by atoms with van der Waals surface area (Å²) in [5.74, 6) is -0.308. The van der Waals surface area contributed by atoms with Gasteiger partial charge >= 0.3 is 0 Å². The Morgan fingerprint density at radius 1 is 0.963 bits per heavy atom. The average Bonchev–Trinajstić information content (AvgIpc) is 2.63. The van der Waals surface area contributed by atoms with Crippen molar-refractivity contribution >= 4 is 5.69 Å². The highest BCUT2D eigenvalue weighted by Gasteiger charge is 2.20. The van der Waals surface area contributed by atoms with Crippen molar-refractivity contribution in [2.24, 2.45) is 5.41 Å². The standard InChI is InChI=1S/C23H28FN3/c1-23(2,3)15-18-4-6-19(7-5-18)17-26-10-12-27(13-11-26)22-9-8-20(16-25)14-21(22)24/h4-9,14H,10-13,15,17H2,1-3H3. The largest absolute Gasteiger partial charge is 0.367 e. The van der Waals surface area contributed by atoms with Gasteiger partial charge in [0.15, 0.2) is 0 Å². The highest BCUT2D eigenvalue weighted by atomic mass is 19.1. The van der Waals surface area contributed by atoms with E-state index in [4.69, 9.17) is 5.26 Å². The molecule has 0 aliphatic carbocycles. The van der Waals surface area contributed by atoms with Crippen molar-refractivity contribution in [2.45, 2.75) is 33.7 Å². The Labute approximate surface area is 162 Å². The first-order chi connectivity index (χ1) is 12.8. The van der Waals surface area contributed by atoms with Crippen molar-refractivity contribution in [3.05, 3.63) is 65.0 Å². The summed E-state index contributed by atoms with van der Waals surface area (Å²) in [6, 6.07) is 15.6. The lowest BCUT2D eigenvalue weighted by atomic mass is 9.88. The van der Waals surface area contributed by atoms with Gasteiger partial charge in [0.2, 0.25) is 0 Å². The van der Waals surface area contributed by atoms with Crippen LogP contribution in [-0.2, 0) is 13.0 Å². The Hall–Kier alpha value is -2.38. The molecule has 0 spiro atoms. The van der Waals surface area contributed by atoms with E-state index in [9.17, 15) is 4.39 Å². The molecule has 1 fully saturated rings. The fourth-order valence-electron chi connectivity index (χ4n) is 3.61. The summed E-state index contributed by atoms with van der Waals surface area (Å²) in [5.41, 5.74) is 3.97. The third-order valence-corrected chi connectivity index (χ3v) is 4.95. The minimum atomic E-state index is -0.308. The van der Waals surface area contributed by atoms with E-state index in [1.54, 1.807) is 12.1 Å². The number of nitrogens with zero attached hydrogens (tertiary/aromatic N) is 3. The number of hydrogen-bond donors (Lipinski definition) is 0. The van der Waals surface area contributed by atoms with Gasteiger partial charge in [0.05, 0.1) is 17.3 Å². The van der Waals surface area contributed by atoms with Crippen molar-refractivity contribution in [3.8, 4) is 6.07 Å². The molecule has 142 valence electrons. The molecule has 2 aromatic rings. The highest BCUT2D eigenvalue weighted by molar-refractivity contribution is 5.51. The molecule has 3 nitrogen and oxygen atoms in total. The molecule has 0 N–H and O–H groups in total. The van der Waals surface area contributed by atoms with E-state index < -0.39 is 0 Å². The number of benzene rings is 2. The van der Waals surface area contributed by atoms with Gasteiger partial charge in [-0.2, -0.15) is 5.26 Å². The zero-order valence-corrected chi connectivity index (χ0v) is 16.5. The molecule has 0 saturated carbocycles. The molecule has 0 bridgehead atoms. The maximum Gasteiger partial charge on any atom is 0.147 e. The van der Waals surface area contributed by atoms with Crippen LogP contribution in [0.4, 0.5) is 10.1 Å². The summed E-state index contributed by atoms with van der Waals surface area (Å²) in [7, 11) is 0. The monoisotopic (exact) mass is 365 g/mol. The van der Waals surface area contributed by atoms with Gasteiger partial charge in [-0.25, -0.2) is 4.39 Å². The number of hydrogen-bond acceptors (Lipinski definition) is 3. The smallest absolute Gasteiger partial charge is 0.147 e. The Bertz CT molecular complexity index is 807. The van der Waals surface area contributed by atoms with Crippen molar-refractivity contribution in [1.29, 1.82) is 5.26 Å². The van der Waals surface area contributed by atoms with Gasteiger partial charge in [-0.3, -0.25) is 4.90 Å². The molecule has 0 aromatic heterocycles. The van der Waals surface area contributed by atoms with E-state index in [0.717, 1.165) is 39.1 Å². The number of nitriles is 1. The molecular formula is C23H28FN3. The predicted octanol–water partition coefficient (Wildman–Crippen LogP) is 4.61. The van der Waals surface area contributed by atoms with Crippen molar-refractivity contribution < 1.29 is 4.39 Å². The van der Waals surface area contributed by atoms with Gasteiger partial charge in [0, 0.05) is 32.7 Å². The van der Waals surface area contributed by atoms with Crippen LogP contribution < -0.4 is 4.90 Å². The summed E-state index contributed by atoms with van der Waals surface area (Å²) in [6.45, 7) is 11.1. The van der Waals surface area contributed by atoms with Crippen molar-refractivity contribution in [2.75, 3.05) is 31.1 Å². The molecule has 4 heteroatoms. The molecule has 2 aromatic carbocycles. The van der Waals surface area contributed by atoms with Crippen LogP contribution in [0.5, 0.6) is 0 Å². The Morgan fingerprint density at radius 2 is 1.59 bits per heavy atom. The van der Waals surface area contributed by atoms with Crippen LogP contribution in [0.15, 0.2) is 42.5 Å². The van der Waals surface area contributed by atoms with Crippen LogP contribution in [-0.4, -0.2) is 31.1 Å². The van der Waals surface area contributed by atoms with Crippen LogP contribution in [0.3, 0.4) is 0 Å². The summed E-state index contributed by atoms with van der Waals surface area (Å²) in [6.07, 6.45) is 1.09. The van der Waals surface area contributed by atoms with Crippen LogP contribution in [0.25, 0.3) is 0 Å². The summed E-state index contributed by atoms with van der Waals surface area (Å²) in [5, 5.41) is 8.87. The Kier molecular flexibility index (Phi) is 5.82. The molecule has 1 aliphatic rings. The maximum absolute atomic E-state index is 14.2. The fraction of sp³-hybridized carbons (Fsp3) is 0.435. The minimum absolute atomic E-state index is 0.304. The van der Waals surface area contributed by atoms with Gasteiger partial charge < -0.3 is 4.90 Å².